The van der Waals surface area contributed by atoms with Gasteiger partial charge in [-0.1, -0.05) is 0 Å². The normalized spacial score (nSPS) is 21.2. The maximum atomic E-state index is 11.4. The summed E-state index contributed by atoms with van der Waals surface area (Å²) in [6, 6.07) is 0. The molecule has 0 atom stereocenters. The second-order valence-electron chi connectivity index (χ2n) is 6.16. The molecule has 1 saturated heterocycles. The van der Waals surface area contributed by atoms with Gasteiger partial charge in [-0.15, -0.1) is 0 Å². The van der Waals surface area contributed by atoms with Gasteiger partial charge in [0.2, 0.25) is 0 Å². The van der Waals surface area contributed by atoms with Crippen LogP contribution in [0.25, 0.3) is 0 Å². The molecule has 0 aromatic rings. The van der Waals surface area contributed by atoms with Gasteiger partial charge in [0, 0.05) is 0 Å². The summed E-state index contributed by atoms with van der Waals surface area (Å²) in [5.74, 6) is -0.917. The summed E-state index contributed by atoms with van der Waals surface area (Å²) in [7, 11) is 0. The van der Waals surface area contributed by atoms with Crippen molar-refractivity contribution < 1.29 is 26.7 Å². The third-order valence-corrected chi connectivity index (χ3v) is 12.0. The van der Waals surface area contributed by atoms with Crippen LogP contribution in [0.3, 0.4) is 0 Å². The second-order valence-corrected chi connectivity index (χ2v) is 14.0. The van der Waals surface area contributed by atoms with Crippen LogP contribution >= 0.6 is 0 Å². The van der Waals surface area contributed by atoms with E-state index in [4.69, 9.17) is 0 Å². The van der Waals surface area contributed by atoms with Crippen molar-refractivity contribution in [1.82, 2.24) is 7.60 Å². The van der Waals surface area contributed by atoms with Crippen molar-refractivity contribution in [3.8, 4) is 0 Å². The first-order valence-corrected chi connectivity index (χ1v) is 8.28. The molecule has 86 valence electrons. The molecule has 0 aliphatic carbocycles. The fraction of sp³-hybridized carbons (Fsp3) is 0.800. The van der Waals surface area contributed by atoms with E-state index in [0.717, 1.165) is 0 Å². The van der Waals surface area contributed by atoms with E-state index in [1.165, 1.54) is 0 Å². The summed E-state index contributed by atoms with van der Waals surface area (Å²) >= 11 is -2.95. The molecular formula is C10H20N2O2Ti. The van der Waals surface area contributed by atoms with Gasteiger partial charge in [0.25, 0.3) is 0 Å². The Morgan fingerprint density at radius 1 is 0.800 bits per heavy atom. The molecule has 2 amide bonds. The molecule has 4 nitrogen and oxygen atoms in total. The van der Waals surface area contributed by atoms with E-state index in [-0.39, 0.29) is 7.44 Å². The van der Waals surface area contributed by atoms with Crippen LogP contribution in [-0.2, 0) is 26.7 Å². The van der Waals surface area contributed by atoms with Crippen molar-refractivity contribution in [3.63, 3.8) is 0 Å². The van der Waals surface area contributed by atoms with Crippen LogP contribution in [0.15, 0.2) is 0 Å². The van der Waals surface area contributed by atoms with E-state index < -0.39 is 28.9 Å². The van der Waals surface area contributed by atoms with E-state index in [2.05, 4.69) is 49.1 Å². The van der Waals surface area contributed by atoms with Crippen molar-refractivity contribution in [2.75, 3.05) is 0 Å². The first kappa shape index (κ1) is 12.7. The minimum atomic E-state index is -2.95. The van der Waals surface area contributed by atoms with Crippen molar-refractivity contribution in [1.29, 1.82) is 0 Å². The van der Waals surface area contributed by atoms with Crippen molar-refractivity contribution in [2.24, 2.45) is 0 Å². The SMILES string of the molecule is C[C](C)(C)[Ti]1([C](C)(C)C)[NH]C(=O)C(=O)[NH]1. The molecule has 0 radical (unpaired) electrons. The minimum absolute atomic E-state index is 0.0555. The molecule has 5 heteroatoms. The van der Waals surface area contributed by atoms with Gasteiger partial charge in [-0.3, -0.25) is 0 Å². The Hall–Kier alpha value is -0.346. The number of hydrogen-bond acceptors (Lipinski definition) is 2. The standard InChI is InChI=1S/2C4H9.C2H4N2O2.Ti/c2*1-4(2)3;3-1(5)2(4)6;/h2*1-3H3;(H4,3,4,5,6);/q;;;+2/p-2. The van der Waals surface area contributed by atoms with Gasteiger partial charge in [-0.25, -0.2) is 0 Å². The Morgan fingerprint density at radius 2 is 1.07 bits per heavy atom. The van der Waals surface area contributed by atoms with Crippen molar-refractivity contribution >= 4 is 11.8 Å². The third kappa shape index (κ3) is 1.85. The van der Waals surface area contributed by atoms with Crippen LogP contribution in [0.5, 0.6) is 0 Å². The molecule has 1 aliphatic heterocycles. The van der Waals surface area contributed by atoms with Crippen LogP contribution in [0, 0.1) is 0 Å². The van der Waals surface area contributed by atoms with Gasteiger partial charge in [0.1, 0.15) is 0 Å². The first-order chi connectivity index (χ1) is 6.51. The molecule has 0 aromatic heterocycles. The molecular weight excluding hydrogens is 228 g/mol. The molecule has 0 unspecified atom stereocenters. The van der Waals surface area contributed by atoms with Crippen molar-refractivity contribution in [2.45, 2.75) is 49.0 Å². The van der Waals surface area contributed by atoms with E-state index in [9.17, 15) is 9.59 Å². The van der Waals surface area contributed by atoms with Gasteiger partial charge in [0.05, 0.1) is 0 Å². The van der Waals surface area contributed by atoms with Gasteiger partial charge >= 0.3 is 95.1 Å². The average Bonchev–Trinajstić information content (AvgIpc) is 2.26. The molecule has 0 spiro atoms. The van der Waals surface area contributed by atoms with Gasteiger partial charge in [-0.2, -0.15) is 0 Å². The Labute approximate surface area is 95.2 Å². The first-order valence-electron chi connectivity index (χ1n) is 5.16. The third-order valence-electron chi connectivity index (χ3n) is 3.06. The molecule has 1 heterocycles. The van der Waals surface area contributed by atoms with Crippen molar-refractivity contribution in [3.05, 3.63) is 0 Å². The number of nitrogens with one attached hydrogen (secondary N) is 2. The van der Waals surface area contributed by atoms with Gasteiger partial charge < -0.3 is 0 Å². The summed E-state index contributed by atoms with van der Waals surface area (Å²) < 4.78 is 5.86. The van der Waals surface area contributed by atoms with Crippen LogP contribution in [-0.4, -0.2) is 11.8 Å². The van der Waals surface area contributed by atoms with Crippen LogP contribution in [0.2, 0.25) is 7.44 Å². The Bertz CT molecular complexity index is 280. The zero-order valence-electron chi connectivity index (χ0n) is 10.3. The molecule has 0 bridgehead atoms. The zero-order valence-corrected chi connectivity index (χ0v) is 11.9. The fourth-order valence-corrected chi connectivity index (χ4v) is 9.73. The average molecular weight is 248 g/mol. The number of carbonyl (C=O) groups excluding carboxylic acids is 2. The number of carbonyl (C=O) groups is 2. The number of rotatable bonds is 0. The van der Waals surface area contributed by atoms with Crippen LogP contribution in [0.1, 0.15) is 41.5 Å². The summed E-state index contributed by atoms with van der Waals surface area (Å²) in [6.45, 7) is 12.5. The topological polar surface area (TPSA) is 58.2 Å². The Kier molecular flexibility index (Phi) is 2.82. The summed E-state index contributed by atoms with van der Waals surface area (Å²) in [4.78, 5) is 22.8. The molecule has 1 fully saturated rings. The van der Waals surface area contributed by atoms with E-state index in [1.807, 2.05) is 0 Å². The molecule has 2 N–H and O–H groups in total. The predicted octanol–water partition coefficient (Wildman–Crippen LogP) is 1.65. The molecule has 1 rings (SSSR count). The number of amides is 2. The van der Waals surface area contributed by atoms with Crippen LogP contribution in [0.4, 0.5) is 0 Å². The second kappa shape index (κ2) is 3.32. The molecule has 1 aliphatic rings. The molecule has 0 saturated carbocycles. The monoisotopic (exact) mass is 248 g/mol. The Morgan fingerprint density at radius 3 is 1.20 bits per heavy atom. The number of hydrogen-bond donors (Lipinski definition) is 2. The zero-order chi connectivity index (χ0) is 12.1. The van der Waals surface area contributed by atoms with E-state index >= 15 is 0 Å². The van der Waals surface area contributed by atoms with Gasteiger partial charge in [0.15, 0.2) is 0 Å². The summed E-state index contributed by atoms with van der Waals surface area (Å²) in [5.41, 5.74) is 0. The summed E-state index contributed by atoms with van der Waals surface area (Å²) in [6.07, 6.45) is 0. The molecule has 0 aromatic carbocycles. The Balaban J connectivity index is 3.24. The van der Waals surface area contributed by atoms with Gasteiger partial charge in [-0.05, 0) is 0 Å². The summed E-state index contributed by atoms with van der Waals surface area (Å²) in [5, 5.41) is 0. The van der Waals surface area contributed by atoms with E-state index in [0.29, 0.717) is 0 Å². The van der Waals surface area contributed by atoms with E-state index in [1.54, 1.807) is 0 Å². The quantitative estimate of drug-likeness (QED) is 0.506. The molecule has 15 heavy (non-hydrogen) atoms. The maximum absolute atomic E-state index is 11.4. The predicted molar refractivity (Wildman–Crippen MR) is 55.7 cm³/mol. The van der Waals surface area contributed by atoms with Crippen LogP contribution < -0.4 is 7.60 Å². The fourth-order valence-electron chi connectivity index (χ4n) is 2.36.